The molecule has 0 heterocycles. The number of ether oxygens (including phenoxy) is 1. The molecular formula is C10H16O4. The number of hydrogen-bond acceptors (Lipinski definition) is 4. The lowest BCUT2D eigenvalue weighted by atomic mass is 10.0. The normalized spacial score (nSPS) is 11.9. The van der Waals surface area contributed by atoms with Crippen LogP contribution in [0.25, 0.3) is 0 Å². The molecule has 0 atom stereocenters. The highest BCUT2D eigenvalue weighted by atomic mass is 16.5. The molecule has 0 bridgehead atoms. The molecule has 0 aromatic heterocycles. The fraction of sp³-hybridized carbons (Fsp3) is 0.600. The van der Waals surface area contributed by atoms with E-state index in [1.54, 1.807) is 13.8 Å². The van der Waals surface area contributed by atoms with Gasteiger partial charge in [0.25, 0.3) is 0 Å². The first-order valence-corrected chi connectivity index (χ1v) is 4.57. The van der Waals surface area contributed by atoms with E-state index in [4.69, 9.17) is 0 Å². The Kier molecular flexibility index (Phi) is 5.60. The zero-order valence-corrected chi connectivity index (χ0v) is 8.79. The van der Waals surface area contributed by atoms with Gasteiger partial charge >= 0.3 is 5.97 Å². The lowest BCUT2D eigenvalue weighted by Crippen LogP contribution is -2.11. The number of aliphatic hydroxyl groups is 1. The van der Waals surface area contributed by atoms with Crippen molar-refractivity contribution in [1.29, 1.82) is 0 Å². The summed E-state index contributed by atoms with van der Waals surface area (Å²) in [6, 6.07) is 0. The van der Waals surface area contributed by atoms with Crippen LogP contribution >= 0.6 is 0 Å². The van der Waals surface area contributed by atoms with Crippen molar-refractivity contribution in [3.8, 4) is 0 Å². The molecule has 0 unspecified atom stereocenters. The van der Waals surface area contributed by atoms with Crippen LogP contribution in [-0.4, -0.2) is 24.0 Å². The molecule has 0 fully saturated rings. The fourth-order valence-corrected chi connectivity index (χ4v) is 1.00. The first-order chi connectivity index (χ1) is 6.56. The van der Waals surface area contributed by atoms with E-state index in [1.807, 2.05) is 0 Å². The van der Waals surface area contributed by atoms with Crippen LogP contribution in [-0.2, 0) is 14.3 Å². The van der Waals surface area contributed by atoms with E-state index in [9.17, 15) is 14.7 Å². The summed E-state index contributed by atoms with van der Waals surface area (Å²) in [6.07, 6.45) is 0.470. The first-order valence-electron chi connectivity index (χ1n) is 4.57. The highest BCUT2D eigenvalue weighted by molar-refractivity contribution is 5.99. The number of esters is 1. The Hall–Kier alpha value is -1.32. The largest absolute Gasteiger partial charge is 0.512 e. The fourth-order valence-electron chi connectivity index (χ4n) is 1.00. The van der Waals surface area contributed by atoms with Gasteiger partial charge in [0.15, 0.2) is 5.78 Å². The number of carbonyl (C=O) groups is 2. The lowest BCUT2D eigenvalue weighted by Gasteiger charge is -2.06. The van der Waals surface area contributed by atoms with Gasteiger partial charge in [0.1, 0.15) is 0 Å². The Balaban J connectivity index is 4.75. The van der Waals surface area contributed by atoms with Gasteiger partial charge in [-0.3, -0.25) is 9.59 Å². The zero-order chi connectivity index (χ0) is 11.1. The number of Topliss-reactive ketones (excluding diaryl/α,β-unsaturated/α-hetero) is 1. The zero-order valence-electron chi connectivity index (χ0n) is 8.79. The minimum atomic E-state index is -0.512. The molecule has 0 radical (unpaired) electrons. The monoisotopic (exact) mass is 200 g/mol. The third kappa shape index (κ3) is 3.60. The molecule has 0 saturated carbocycles. The molecule has 4 nitrogen and oxygen atoms in total. The van der Waals surface area contributed by atoms with Crippen molar-refractivity contribution >= 4 is 11.8 Å². The van der Waals surface area contributed by atoms with E-state index >= 15 is 0 Å². The summed E-state index contributed by atoms with van der Waals surface area (Å²) in [7, 11) is 1.25. The second kappa shape index (κ2) is 6.18. The van der Waals surface area contributed by atoms with Crippen LogP contribution in [0.4, 0.5) is 0 Å². The maximum absolute atomic E-state index is 11.3. The van der Waals surface area contributed by atoms with E-state index in [0.717, 1.165) is 0 Å². The van der Waals surface area contributed by atoms with Crippen LogP contribution in [0.15, 0.2) is 11.3 Å². The minimum Gasteiger partial charge on any atom is -0.512 e. The second-order valence-electron chi connectivity index (χ2n) is 2.81. The third-order valence-corrected chi connectivity index (χ3v) is 1.89. The molecule has 0 aromatic rings. The second-order valence-corrected chi connectivity index (χ2v) is 2.81. The van der Waals surface area contributed by atoms with Crippen molar-refractivity contribution in [2.24, 2.45) is 0 Å². The third-order valence-electron chi connectivity index (χ3n) is 1.89. The predicted octanol–water partition coefficient (Wildman–Crippen LogP) is 1.75. The van der Waals surface area contributed by atoms with E-state index < -0.39 is 5.97 Å². The van der Waals surface area contributed by atoms with E-state index in [-0.39, 0.29) is 30.0 Å². The molecule has 4 heteroatoms. The van der Waals surface area contributed by atoms with Gasteiger partial charge < -0.3 is 9.84 Å². The highest BCUT2D eigenvalue weighted by Crippen LogP contribution is 2.13. The van der Waals surface area contributed by atoms with Crippen molar-refractivity contribution < 1.29 is 19.4 Å². The summed E-state index contributed by atoms with van der Waals surface area (Å²) in [5.74, 6) is -0.751. The summed E-state index contributed by atoms with van der Waals surface area (Å²) >= 11 is 0. The van der Waals surface area contributed by atoms with Crippen molar-refractivity contribution in [2.75, 3.05) is 7.11 Å². The molecule has 0 amide bonds. The summed E-state index contributed by atoms with van der Waals surface area (Å²) in [6.45, 7) is 3.40. The smallest absolute Gasteiger partial charge is 0.310 e. The summed E-state index contributed by atoms with van der Waals surface area (Å²) in [5, 5.41) is 9.41. The maximum Gasteiger partial charge on any atom is 0.310 e. The first kappa shape index (κ1) is 12.7. The predicted molar refractivity (Wildman–Crippen MR) is 51.9 cm³/mol. The summed E-state index contributed by atoms with van der Waals surface area (Å²) in [5.41, 5.74) is 0.168. The van der Waals surface area contributed by atoms with Gasteiger partial charge in [-0.05, 0) is 0 Å². The van der Waals surface area contributed by atoms with Crippen LogP contribution in [0, 0.1) is 0 Å². The standard InChI is InChI=1S/C10H16O4/c1-4-8(11)7(9(12)5-2)6-10(13)14-3/h11H,4-6H2,1-3H3. The Labute approximate surface area is 83.6 Å². The van der Waals surface area contributed by atoms with Gasteiger partial charge in [-0.15, -0.1) is 0 Å². The van der Waals surface area contributed by atoms with E-state index in [2.05, 4.69) is 4.74 Å². The number of ketones is 1. The van der Waals surface area contributed by atoms with Crippen LogP contribution < -0.4 is 0 Å². The quantitative estimate of drug-likeness (QED) is 0.417. The van der Waals surface area contributed by atoms with Crippen molar-refractivity contribution in [3.63, 3.8) is 0 Å². The van der Waals surface area contributed by atoms with E-state index in [0.29, 0.717) is 6.42 Å². The van der Waals surface area contributed by atoms with Crippen LogP contribution in [0.5, 0.6) is 0 Å². The van der Waals surface area contributed by atoms with Gasteiger partial charge in [0.2, 0.25) is 0 Å². The molecule has 0 saturated heterocycles. The molecule has 0 spiro atoms. The average Bonchev–Trinajstić information content (AvgIpc) is 2.23. The molecule has 0 aliphatic rings. The molecule has 14 heavy (non-hydrogen) atoms. The lowest BCUT2D eigenvalue weighted by molar-refractivity contribution is -0.140. The summed E-state index contributed by atoms with van der Waals surface area (Å²) in [4.78, 5) is 22.3. The van der Waals surface area contributed by atoms with Gasteiger partial charge in [-0.2, -0.15) is 0 Å². The Bertz CT molecular complexity index is 253. The Morgan fingerprint density at radius 1 is 1.21 bits per heavy atom. The number of methoxy groups -OCH3 is 1. The molecule has 0 aromatic carbocycles. The number of rotatable bonds is 5. The molecule has 1 N–H and O–H groups in total. The van der Waals surface area contributed by atoms with Gasteiger partial charge in [-0.25, -0.2) is 0 Å². The number of carbonyl (C=O) groups excluding carboxylic acids is 2. The van der Waals surface area contributed by atoms with E-state index in [1.165, 1.54) is 7.11 Å². The van der Waals surface area contributed by atoms with Gasteiger partial charge in [-0.1, -0.05) is 13.8 Å². The summed E-state index contributed by atoms with van der Waals surface area (Å²) < 4.78 is 4.43. The minimum absolute atomic E-state index is 0.0257. The average molecular weight is 200 g/mol. The number of aliphatic hydroxyl groups excluding tert-OH is 1. The number of allylic oxidation sites excluding steroid dienone is 1. The Morgan fingerprint density at radius 2 is 1.79 bits per heavy atom. The van der Waals surface area contributed by atoms with Crippen molar-refractivity contribution in [3.05, 3.63) is 11.3 Å². The van der Waals surface area contributed by atoms with Crippen LogP contribution in [0.2, 0.25) is 0 Å². The maximum atomic E-state index is 11.3. The number of hydrogen-bond donors (Lipinski definition) is 1. The van der Waals surface area contributed by atoms with Crippen molar-refractivity contribution in [1.82, 2.24) is 0 Å². The van der Waals surface area contributed by atoms with Gasteiger partial charge in [0.05, 0.1) is 19.3 Å². The molecule has 0 aliphatic carbocycles. The van der Waals surface area contributed by atoms with Crippen LogP contribution in [0.3, 0.4) is 0 Å². The van der Waals surface area contributed by atoms with Gasteiger partial charge in [0, 0.05) is 18.4 Å². The molecule has 80 valence electrons. The molecule has 0 aliphatic heterocycles. The SMILES string of the molecule is CCC(=O)C(CC(=O)OC)=C(O)CC. The van der Waals surface area contributed by atoms with Crippen LogP contribution in [0.1, 0.15) is 33.1 Å². The molecule has 0 rings (SSSR count). The van der Waals surface area contributed by atoms with Crippen molar-refractivity contribution in [2.45, 2.75) is 33.1 Å². The topological polar surface area (TPSA) is 63.6 Å². The highest BCUT2D eigenvalue weighted by Gasteiger charge is 2.16. The Morgan fingerprint density at radius 3 is 2.14 bits per heavy atom. The molecular weight excluding hydrogens is 184 g/mol.